The van der Waals surface area contributed by atoms with Gasteiger partial charge in [-0.3, -0.25) is 0 Å². The van der Waals surface area contributed by atoms with Crippen LogP contribution in [0.15, 0.2) is 273 Å². The quantitative estimate of drug-likeness (QED) is 0.156. The van der Waals surface area contributed by atoms with Gasteiger partial charge in [-0.1, -0.05) is 200 Å². The van der Waals surface area contributed by atoms with Gasteiger partial charge in [0.15, 0.2) is 16.1 Å². The zero-order valence-electron chi connectivity index (χ0n) is 39.8. The molecule has 11 aromatic carbocycles. The Morgan fingerprint density at radius 1 is 0.274 bits per heavy atom. The highest BCUT2D eigenvalue weighted by molar-refractivity contribution is 7.22. The highest BCUT2D eigenvalue weighted by Crippen LogP contribution is 2.43. The summed E-state index contributed by atoms with van der Waals surface area (Å²) in [5.41, 5.74) is 10.2. The molecule has 0 N–H and O–H groups in total. The Kier molecular flexibility index (Phi) is 9.36. The molecule has 4 aliphatic rings. The van der Waals surface area contributed by atoms with Crippen LogP contribution in [0, 0.1) is 0 Å². The van der Waals surface area contributed by atoms with E-state index in [1.54, 1.807) is 0 Å². The van der Waals surface area contributed by atoms with Crippen molar-refractivity contribution in [1.29, 1.82) is 0 Å². The van der Waals surface area contributed by atoms with E-state index in [1.165, 1.54) is 64.2 Å². The van der Waals surface area contributed by atoms with Gasteiger partial charge < -0.3 is 19.3 Å². The van der Waals surface area contributed by atoms with E-state index >= 15 is 0 Å². The van der Waals surface area contributed by atoms with Crippen molar-refractivity contribution in [2.45, 2.75) is 0 Å². The second-order valence-corrected chi connectivity index (χ2v) is 26.9. The molecule has 73 heavy (non-hydrogen) atoms. The minimum Gasteiger partial charge on any atom is -0.458 e. The standard InChI is InChI=1S/C66H45BN2O2Si2/c1-5-22-48(23-6-1)72(49-24-7-2-8-25-49)62-36-17-13-30-54(62)68(55-31-14-18-37-63(55)72)46-40-42-58-52(44-46)67-53-45-47(41-43-59(53)71-61-35-21-34-60(70-58)66(61)67)69-56-32-15-19-38-64(56)73(50-26-9-3-10-27-50,51-28-11-4-12-29-51)65-39-20-16-33-57(65)69/h1-45H. The third-order valence-electron chi connectivity index (χ3n) is 15.9. The molecule has 4 nitrogen and oxygen atoms in total. The number of fused-ring (bicyclic) bond motifs is 8. The highest BCUT2D eigenvalue weighted by atomic mass is 28.3. The molecule has 0 bridgehead atoms. The molecule has 15 rings (SSSR count). The number of hydrogen-bond donors (Lipinski definition) is 0. The van der Waals surface area contributed by atoms with Crippen molar-refractivity contribution in [1.82, 2.24) is 0 Å². The van der Waals surface area contributed by atoms with Crippen LogP contribution in [0.5, 0.6) is 23.0 Å². The van der Waals surface area contributed by atoms with E-state index in [9.17, 15) is 0 Å². The van der Waals surface area contributed by atoms with Gasteiger partial charge in [0.2, 0.25) is 0 Å². The van der Waals surface area contributed by atoms with Crippen molar-refractivity contribution in [2.24, 2.45) is 0 Å². The first-order valence-corrected chi connectivity index (χ1v) is 29.2. The molecule has 0 atom stereocenters. The summed E-state index contributed by atoms with van der Waals surface area (Å²) in [4.78, 5) is 4.99. The predicted molar refractivity (Wildman–Crippen MR) is 308 cm³/mol. The molecule has 0 saturated carbocycles. The van der Waals surface area contributed by atoms with Gasteiger partial charge in [0.25, 0.3) is 6.71 Å². The van der Waals surface area contributed by atoms with Crippen LogP contribution < -0.4 is 77.2 Å². The summed E-state index contributed by atoms with van der Waals surface area (Å²) in [6, 6.07) is 101. The molecule has 0 saturated heterocycles. The lowest BCUT2D eigenvalue weighted by Crippen LogP contribution is -2.77. The fourth-order valence-electron chi connectivity index (χ4n) is 13.1. The summed E-state index contributed by atoms with van der Waals surface area (Å²) in [5.74, 6) is 3.35. The third-order valence-corrected chi connectivity index (χ3v) is 25.6. The predicted octanol–water partition coefficient (Wildman–Crippen LogP) is 8.74. The fraction of sp³-hybridized carbons (Fsp3) is 0. The molecule has 4 aliphatic heterocycles. The summed E-state index contributed by atoms with van der Waals surface area (Å²) < 4.78 is 13.8. The molecule has 0 aliphatic carbocycles. The van der Waals surface area contributed by atoms with Crippen LogP contribution in [0.1, 0.15) is 0 Å². The molecule has 0 unspecified atom stereocenters. The SMILES string of the molecule is c1ccc([Si]2(c3ccccc3)c3ccccc3N(c3ccc4c(c3)B3c5cc(N6c7ccccc7[Si](c7ccccc7)(c7ccccc7)c7ccccc76)ccc5Oc5cccc(c53)O4)c3ccccc32)cc1. The van der Waals surface area contributed by atoms with Crippen molar-refractivity contribution >= 4 is 115 Å². The van der Waals surface area contributed by atoms with Crippen molar-refractivity contribution in [3.05, 3.63) is 273 Å². The molecular formula is C66H45BN2O2Si2. The van der Waals surface area contributed by atoms with E-state index in [0.29, 0.717) is 0 Å². The van der Waals surface area contributed by atoms with Gasteiger partial charge in [-0.2, -0.15) is 0 Å². The maximum absolute atomic E-state index is 6.92. The van der Waals surface area contributed by atoms with Crippen molar-refractivity contribution in [3.63, 3.8) is 0 Å². The Labute approximate surface area is 427 Å². The van der Waals surface area contributed by atoms with Gasteiger partial charge in [-0.05, 0) is 125 Å². The molecular weight excluding hydrogens is 920 g/mol. The van der Waals surface area contributed by atoms with Crippen LogP contribution in [0.4, 0.5) is 34.1 Å². The molecule has 0 fully saturated rings. The van der Waals surface area contributed by atoms with Gasteiger partial charge in [0, 0.05) is 39.6 Å². The average Bonchev–Trinajstić information content (AvgIpc) is 3.46. The number of anilines is 6. The molecule has 7 heteroatoms. The Bertz CT molecular complexity index is 3540. The smallest absolute Gasteiger partial charge is 0.260 e. The van der Waals surface area contributed by atoms with Crippen LogP contribution in [-0.2, 0) is 0 Å². The number of benzene rings is 11. The van der Waals surface area contributed by atoms with Crippen LogP contribution in [-0.4, -0.2) is 22.9 Å². The molecule has 0 aromatic heterocycles. The van der Waals surface area contributed by atoms with E-state index in [2.05, 4.69) is 277 Å². The number of hydrogen-bond acceptors (Lipinski definition) is 4. The molecule has 0 spiro atoms. The topological polar surface area (TPSA) is 24.9 Å². The normalized spacial score (nSPS) is 14.7. The minimum atomic E-state index is -2.80. The van der Waals surface area contributed by atoms with Gasteiger partial charge in [-0.25, -0.2) is 0 Å². The van der Waals surface area contributed by atoms with E-state index in [4.69, 9.17) is 9.47 Å². The molecule has 4 heterocycles. The molecule has 0 radical (unpaired) electrons. The Morgan fingerprint density at radius 3 is 0.904 bits per heavy atom. The van der Waals surface area contributed by atoms with Crippen LogP contribution in [0.25, 0.3) is 0 Å². The highest BCUT2D eigenvalue weighted by Gasteiger charge is 2.51. The average molecular weight is 965 g/mol. The van der Waals surface area contributed by atoms with E-state index in [-0.39, 0.29) is 6.71 Å². The lowest BCUT2D eigenvalue weighted by Gasteiger charge is -2.45. The monoisotopic (exact) mass is 964 g/mol. The number of para-hydroxylation sites is 4. The molecule has 342 valence electrons. The maximum atomic E-state index is 6.92. The summed E-state index contributed by atoms with van der Waals surface area (Å²) in [6.45, 7) is -0.173. The zero-order valence-corrected chi connectivity index (χ0v) is 41.8. The minimum absolute atomic E-state index is 0.173. The maximum Gasteiger partial charge on any atom is 0.260 e. The Hall–Kier alpha value is -8.88. The van der Waals surface area contributed by atoms with Gasteiger partial charge in [-0.15, -0.1) is 0 Å². The first kappa shape index (κ1) is 41.9. The summed E-state index contributed by atoms with van der Waals surface area (Å²) >= 11 is 0. The Morgan fingerprint density at radius 2 is 0.575 bits per heavy atom. The lowest BCUT2D eigenvalue weighted by atomic mass is 9.35. The van der Waals surface area contributed by atoms with E-state index < -0.39 is 16.1 Å². The molecule has 11 aromatic rings. The van der Waals surface area contributed by atoms with Crippen LogP contribution in [0.3, 0.4) is 0 Å². The molecule has 0 amide bonds. The third kappa shape index (κ3) is 5.95. The second-order valence-electron chi connectivity index (χ2n) is 19.5. The van der Waals surface area contributed by atoms with Gasteiger partial charge in [0.1, 0.15) is 23.0 Å². The van der Waals surface area contributed by atoms with Crippen LogP contribution >= 0.6 is 0 Å². The second kappa shape index (κ2) is 16.3. The number of ether oxygens (including phenoxy) is 2. The first-order chi connectivity index (χ1) is 36.2. The van der Waals surface area contributed by atoms with E-state index in [0.717, 1.165) is 50.8 Å². The Balaban J connectivity index is 0.923. The van der Waals surface area contributed by atoms with Crippen LogP contribution in [0.2, 0.25) is 0 Å². The summed E-state index contributed by atoms with van der Waals surface area (Å²) in [7, 11) is -5.60. The van der Waals surface area contributed by atoms with Gasteiger partial charge >= 0.3 is 0 Å². The fourth-order valence-corrected chi connectivity index (χ4v) is 23.3. The lowest BCUT2D eigenvalue weighted by molar-refractivity contribution is 0.464. The zero-order chi connectivity index (χ0) is 48.1. The summed E-state index contributed by atoms with van der Waals surface area (Å²) in [6.07, 6.45) is 0. The first-order valence-electron chi connectivity index (χ1n) is 25.2. The van der Waals surface area contributed by atoms with Gasteiger partial charge in [0.05, 0.1) is 0 Å². The van der Waals surface area contributed by atoms with Crippen molar-refractivity contribution in [2.75, 3.05) is 9.80 Å². The van der Waals surface area contributed by atoms with Crippen molar-refractivity contribution in [3.8, 4) is 23.0 Å². The number of nitrogens with zero attached hydrogens (tertiary/aromatic N) is 2. The van der Waals surface area contributed by atoms with Crippen molar-refractivity contribution < 1.29 is 9.47 Å². The number of rotatable bonds is 6. The summed E-state index contributed by atoms with van der Waals surface area (Å²) in [5, 5.41) is 10.9. The van der Waals surface area contributed by atoms with E-state index in [1.807, 2.05) is 6.07 Å². The largest absolute Gasteiger partial charge is 0.458 e.